The van der Waals surface area contributed by atoms with Crippen LogP contribution in [0.3, 0.4) is 0 Å². The second-order valence-corrected chi connectivity index (χ2v) is 7.70. The Morgan fingerprint density at radius 1 is 1.18 bits per heavy atom. The van der Waals surface area contributed by atoms with Crippen LogP contribution in [0.2, 0.25) is 5.02 Å². The zero-order chi connectivity index (χ0) is 20.1. The molecule has 0 unspecified atom stereocenters. The molecule has 0 radical (unpaired) electrons. The molecule has 1 aliphatic heterocycles. The van der Waals surface area contributed by atoms with Crippen LogP contribution >= 0.6 is 23.8 Å². The standard InChI is InChI=1S/C19H26ClN5O2S/c1-3-27-18(26)12-17-21-25(19(28)22(17)2)14-24-10-8-23(9-11-24)13-15-4-6-16(20)7-5-15/h4-7H,3,8-14H2,1-2H3. The molecular formula is C19H26ClN5O2S. The predicted octanol–water partition coefficient (Wildman–Crippen LogP) is 2.49. The van der Waals surface area contributed by atoms with E-state index in [2.05, 4.69) is 27.0 Å². The monoisotopic (exact) mass is 423 g/mol. The van der Waals surface area contributed by atoms with Crippen molar-refractivity contribution in [1.82, 2.24) is 24.1 Å². The Balaban J connectivity index is 1.53. The lowest BCUT2D eigenvalue weighted by atomic mass is 10.2. The van der Waals surface area contributed by atoms with E-state index in [0.29, 0.717) is 23.9 Å². The Morgan fingerprint density at radius 2 is 1.82 bits per heavy atom. The van der Waals surface area contributed by atoms with Crippen LogP contribution in [0.1, 0.15) is 18.3 Å². The van der Waals surface area contributed by atoms with Gasteiger partial charge in [-0.15, -0.1) is 0 Å². The molecule has 1 aromatic heterocycles. The average Bonchev–Trinajstić information content (AvgIpc) is 2.93. The second-order valence-electron chi connectivity index (χ2n) is 6.90. The third-order valence-electron chi connectivity index (χ3n) is 4.86. The molecule has 7 nitrogen and oxygen atoms in total. The Bertz CT molecular complexity index is 856. The van der Waals surface area contributed by atoms with Crippen molar-refractivity contribution in [2.24, 2.45) is 7.05 Å². The van der Waals surface area contributed by atoms with Crippen molar-refractivity contribution in [2.75, 3.05) is 32.8 Å². The lowest BCUT2D eigenvalue weighted by Gasteiger charge is -2.34. The molecule has 28 heavy (non-hydrogen) atoms. The van der Waals surface area contributed by atoms with Gasteiger partial charge in [0.1, 0.15) is 12.2 Å². The molecule has 0 aliphatic carbocycles. The summed E-state index contributed by atoms with van der Waals surface area (Å²) in [6.07, 6.45) is 0.135. The maximum Gasteiger partial charge on any atom is 0.313 e. The van der Waals surface area contributed by atoms with Gasteiger partial charge in [-0.25, -0.2) is 4.68 Å². The van der Waals surface area contributed by atoms with Gasteiger partial charge in [0, 0.05) is 44.8 Å². The number of rotatable bonds is 7. The van der Waals surface area contributed by atoms with Gasteiger partial charge < -0.3 is 9.30 Å². The van der Waals surface area contributed by atoms with Gasteiger partial charge in [-0.3, -0.25) is 14.6 Å². The van der Waals surface area contributed by atoms with Gasteiger partial charge in [0.05, 0.1) is 13.3 Å². The zero-order valence-electron chi connectivity index (χ0n) is 16.3. The summed E-state index contributed by atoms with van der Waals surface area (Å²) in [5.74, 6) is 0.346. The lowest BCUT2D eigenvalue weighted by Crippen LogP contribution is -2.46. The van der Waals surface area contributed by atoms with Crippen molar-refractivity contribution in [2.45, 2.75) is 26.6 Å². The number of hydrogen-bond donors (Lipinski definition) is 0. The summed E-state index contributed by atoms with van der Waals surface area (Å²) in [4.78, 5) is 16.5. The molecular weight excluding hydrogens is 398 g/mol. The molecule has 2 heterocycles. The first kappa shape index (κ1) is 21.0. The number of benzene rings is 1. The third kappa shape index (κ3) is 5.41. The first-order valence-electron chi connectivity index (χ1n) is 9.43. The normalized spacial score (nSPS) is 15.7. The second kappa shape index (κ2) is 9.65. The number of ether oxygens (including phenoxy) is 1. The van der Waals surface area contributed by atoms with Crippen LogP contribution in [0.4, 0.5) is 0 Å². The molecule has 0 N–H and O–H groups in total. The highest BCUT2D eigenvalue weighted by Gasteiger charge is 2.19. The van der Waals surface area contributed by atoms with E-state index in [1.807, 2.05) is 19.2 Å². The first-order valence-corrected chi connectivity index (χ1v) is 10.2. The van der Waals surface area contributed by atoms with Crippen molar-refractivity contribution in [3.63, 3.8) is 0 Å². The van der Waals surface area contributed by atoms with Gasteiger partial charge in [-0.1, -0.05) is 23.7 Å². The first-order chi connectivity index (χ1) is 13.5. The number of esters is 1. The molecule has 0 saturated carbocycles. The van der Waals surface area contributed by atoms with Gasteiger partial charge >= 0.3 is 5.97 Å². The molecule has 0 bridgehead atoms. The molecule has 1 aromatic carbocycles. The minimum Gasteiger partial charge on any atom is -0.466 e. The van der Waals surface area contributed by atoms with Gasteiger partial charge in [0.15, 0.2) is 4.77 Å². The van der Waals surface area contributed by atoms with E-state index in [0.717, 1.165) is 37.7 Å². The predicted molar refractivity (Wildman–Crippen MR) is 111 cm³/mol. The van der Waals surface area contributed by atoms with E-state index in [-0.39, 0.29) is 12.4 Å². The molecule has 9 heteroatoms. The Kier molecular flexibility index (Phi) is 7.23. The molecule has 1 saturated heterocycles. The van der Waals surface area contributed by atoms with Crippen LogP contribution in [-0.2, 0) is 36.2 Å². The largest absolute Gasteiger partial charge is 0.466 e. The van der Waals surface area contributed by atoms with Crippen molar-refractivity contribution < 1.29 is 9.53 Å². The molecule has 1 fully saturated rings. The van der Waals surface area contributed by atoms with E-state index in [1.54, 1.807) is 16.2 Å². The number of hydrogen-bond acceptors (Lipinski definition) is 6. The summed E-state index contributed by atoms with van der Waals surface area (Å²) < 4.78 is 9.19. The van der Waals surface area contributed by atoms with Gasteiger partial charge in [0.25, 0.3) is 0 Å². The van der Waals surface area contributed by atoms with E-state index in [9.17, 15) is 4.79 Å². The Labute approximate surface area is 175 Å². The van der Waals surface area contributed by atoms with Gasteiger partial charge in [-0.05, 0) is 36.8 Å². The van der Waals surface area contributed by atoms with Crippen molar-refractivity contribution in [3.8, 4) is 0 Å². The van der Waals surface area contributed by atoms with E-state index in [1.165, 1.54) is 5.56 Å². The average molecular weight is 424 g/mol. The molecule has 0 atom stereocenters. The molecule has 3 rings (SSSR count). The number of nitrogens with zero attached hydrogens (tertiary/aromatic N) is 5. The zero-order valence-corrected chi connectivity index (χ0v) is 17.9. The highest BCUT2D eigenvalue weighted by Crippen LogP contribution is 2.13. The number of carbonyl (C=O) groups excluding carboxylic acids is 1. The minimum absolute atomic E-state index is 0.135. The summed E-state index contributed by atoms with van der Waals surface area (Å²) in [5, 5.41) is 5.29. The summed E-state index contributed by atoms with van der Waals surface area (Å²) in [6.45, 7) is 7.57. The van der Waals surface area contributed by atoms with Crippen LogP contribution in [0.25, 0.3) is 0 Å². The molecule has 0 spiro atoms. The summed E-state index contributed by atoms with van der Waals surface area (Å²) >= 11 is 11.4. The Hall–Kier alpha value is -1.74. The number of halogens is 1. The summed E-state index contributed by atoms with van der Waals surface area (Å²) in [7, 11) is 1.84. The molecule has 2 aromatic rings. The molecule has 152 valence electrons. The van der Waals surface area contributed by atoms with Crippen molar-refractivity contribution >= 4 is 29.8 Å². The van der Waals surface area contributed by atoms with Crippen LogP contribution in [-0.4, -0.2) is 62.9 Å². The molecule has 0 amide bonds. The maximum absolute atomic E-state index is 11.7. The van der Waals surface area contributed by atoms with Gasteiger partial charge in [0.2, 0.25) is 0 Å². The van der Waals surface area contributed by atoms with E-state index < -0.39 is 0 Å². The SMILES string of the molecule is CCOC(=O)Cc1nn(CN2CCN(Cc3ccc(Cl)cc3)CC2)c(=S)n1C. The fourth-order valence-corrected chi connectivity index (χ4v) is 3.58. The topological polar surface area (TPSA) is 55.5 Å². The van der Waals surface area contributed by atoms with Crippen LogP contribution in [0, 0.1) is 4.77 Å². The van der Waals surface area contributed by atoms with Crippen LogP contribution in [0.15, 0.2) is 24.3 Å². The van der Waals surface area contributed by atoms with Crippen LogP contribution < -0.4 is 0 Å². The lowest BCUT2D eigenvalue weighted by molar-refractivity contribution is -0.142. The van der Waals surface area contributed by atoms with E-state index in [4.69, 9.17) is 28.6 Å². The summed E-state index contributed by atoms with van der Waals surface area (Å²) in [6, 6.07) is 8.02. The van der Waals surface area contributed by atoms with E-state index >= 15 is 0 Å². The quantitative estimate of drug-likeness (QED) is 0.503. The maximum atomic E-state index is 11.7. The molecule has 1 aliphatic rings. The number of aromatic nitrogens is 3. The smallest absolute Gasteiger partial charge is 0.313 e. The number of carbonyl (C=O) groups is 1. The fraction of sp³-hybridized carbons (Fsp3) is 0.526. The minimum atomic E-state index is -0.284. The summed E-state index contributed by atoms with van der Waals surface area (Å²) in [5.41, 5.74) is 1.27. The van der Waals surface area contributed by atoms with Crippen molar-refractivity contribution in [1.29, 1.82) is 0 Å². The Morgan fingerprint density at radius 3 is 2.46 bits per heavy atom. The van der Waals surface area contributed by atoms with Crippen LogP contribution in [0.5, 0.6) is 0 Å². The number of piperazine rings is 1. The highest BCUT2D eigenvalue weighted by atomic mass is 35.5. The third-order valence-corrected chi connectivity index (χ3v) is 5.59. The highest BCUT2D eigenvalue weighted by molar-refractivity contribution is 7.71. The fourth-order valence-electron chi connectivity index (χ4n) is 3.25. The van der Waals surface area contributed by atoms with Gasteiger partial charge in [-0.2, -0.15) is 5.10 Å². The van der Waals surface area contributed by atoms with Crippen molar-refractivity contribution in [3.05, 3.63) is 45.4 Å².